The van der Waals surface area contributed by atoms with E-state index in [-0.39, 0.29) is 235 Å². The first-order valence-corrected chi connectivity index (χ1v) is 28.1. The van der Waals surface area contributed by atoms with Crippen molar-refractivity contribution in [3.05, 3.63) is 119 Å². The van der Waals surface area contributed by atoms with Gasteiger partial charge in [0.05, 0.1) is 31.4 Å². The average Bonchev–Trinajstić information content (AvgIpc) is 1.95. The summed E-state index contributed by atoms with van der Waals surface area (Å²) in [5.74, 6) is -2.17. The maximum atomic E-state index is 12.7. The van der Waals surface area contributed by atoms with Crippen LogP contribution in [0.5, 0.6) is 11.5 Å². The second kappa shape index (κ2) is 40.0. The molecule has 420 valence electrons. The van der Waals surface area contributed by atoms with Gasteiger partial charge >= 0.3 is 239 Å². The molecular formula is C38H19N10Na7O25S7. The van der Waals surface area contributed by atoms with E-state index in [0.29, 0.717) is 12.1 Å². The van der Waals surface area contributed by atoms with Gasteiger partial charge in [0.2, 0.25) is 0 Å². The molecule has 0 amide bonds. The van der Waals surface area contributed by atoms with Crippen molar-refractivity contribution in [1.82, 2.24) is 0 Å². The molecule has 35 nitrogen and oxygen atoms in total. The molecule has 7 aromatic rings. The first-order chi connectivity index (χ1) is 37.0. The molecule has 0 aliphatic rings. The van der Waals surface area contributed by atoms with Gasteiger partial charge in [0.1, 0.15) is 57.5 Å². The van der Waals surface area contributed by atoms with Crippen molar-refractivity contribution in [2.24, 2.45) is 40.9 Å². The number of rotatable bonds is 13. The number of benzene rings is 7. The molecule has 0 aliphatic heterocycles. The standard InChI is InChI=1S/C38H23N10O16S4.7Na.3O3S/c39-35-28(18-31(67(59,60)61)22-17-32(68(62,63)64)36(38(50)34(22)35)47-40-19-9-11-20(12-10-19)48(51)52)46-44-26-16-15-23(41-42-24-5-1-3-7-29(24)65(53,54)55)21-13-14-27(37(49)33(21)26)45-43-25-6-2-4-8-30(25)66(56,57)58;;;;;;;;3*1-4(2)3/h2-9,11-13,15-18,49-50H,39H2,(H,53,54,55)(H,56,57,58)(H,59,60,61)(H,62,63,64);;;;;;;;;;/q-3;7*+1;;;/p-4. The van der Waals surface area contributed by atoms with E-state index in [1.807, 2.05) is 0 Å². The van der Waals surface area contributed by atoms with Gasteiger partial charge in [-0.05, 0) is 52.7 Å². The van der Waals surface area contributed by atoms with E-state index >= 15 is 0 Å². The van der Waals surface area contributed by atoms with Crippen molar-refractivity contribution in [3.63, 3.8) is 0 Å². The Morgan fingerprint density at radius 2 is 0.931 bits per heavy atom. The van der Waals surface area contributed by atoms with E-state index in [4.69, 9.17) is 43.6 Å². The van der Waals surface area contributed by atoms with Crippen LogP contribution in [-0.2, 0) is 72.3 Å². The quantitative estimate of drug-likeness (QED) is 0.0184. The van der Waals surface area contributed by atoms with Gasteiger partial charge in [-0.1, -0.05) is 35.0 Å². The second-order valence-corrected chi connectivity index (χ2v) is 20.6. The Morgan fingerprint density at radius 3 is 1.44 bits per heavy atom. The summed E-state index contributed by atoms with van der Waals surface area (Å²) in [5.41, 5.74) is 1.04. The third-order valence-corrected chi connectivity index (χ3v) is 12.6. The van der Waals surface area contributed by atoms with Crippen LogP contribution in [0.3, 0.4) is 0 Å². The van der Waals surface area contributed by atoms with Crippen LogP contribution in [0.1, 0.15) is 0 Å². The number of hydrogen-bond donors (Lipinski definition) is 3. The molecular weight excluding hydrogens is 1380 g/mol. The molecule has 49 heteroatoms. The predicted molar refractivity (Wildman–Crippen MR) is 256 cm³/mol. The van der Waals surface area contributed by atoms with Crippen molar-refractivity contribution in [2.75, 3.05) is 5.73 Å². The van der Waals surface area contributed by atoms with Crippen LogP contribution in [0.25, 0.3) is 21.5 Å². The Hall–Kier alpha value is -2.24. The van der Waals surface area contributed by atoms with Gasteiger partial charge in [0.15, 0.2) is 11.4 Å². The van der Waals surface area contributed by atoms with Crippen LogP contribution in [-0.4, -0.2) is 105 Å². The fourth-order valence-electron chi connectivity index (χ4n) is 6.11. The average molecular weight is 1400 g/mol. The number of azo groups is 4. The van der Waals surface area contributed by atoms with Crippen molar-refractivity contribution in [1.29, 1.82) is 0 Å². The van der Waals surface area contributed by atoms with Gasteiger partial charge in [-0.15, -0.1) is 66.3 Å². The molecule has 0 heterocycles. The zero-order valence-corrected chi connectivity index (χ0v) is 64.6. The molecule has 7 rings (SSSR count). The normalized spacial score (nSPS) is 10.9. The van der Waals surface area contributed by atoms with Crippen LogP contribution < -0.4 is 213 Å². The number of nitrogens with two attached hydrogens (primary N) is 1. The van der Waals surface area contributed by atoms with E-state index in [1.165, 1.54) is 18.2 Å². The van der Waals surface area contributed by atoms with E-state index in [1.54, 1.807) is 0 Å². The van der Waals surface area contributed by atoms with E-state index < -0.39 is 159 Å². The number of phenolic OH excluding ortho intramolecular Hbond substituents is 2. The molecule has 0 spiro atoms. The number of non-ortho nitro benzene ring substituents is 1. The number of nitro groups is 1. The van der Waals surface area contributed by atoms with Gasteiger partial charge in [-0.25, -0.2) is 38.8 Å². The SMILES string of the molecule is Nc1c(N=Nc2ccc(N=Nc3c[c-]ccc3S(=O)(=O)[O-])c3c[c-]c(N=Nc4ccccc4S(=O)(=O)[O-])c(O)c23)cc(S(=O)(=O)[O-])c2cc(S(=O)(=O)[O-])c(N=Nc3[c-]cc([N+](=O)[O-])cc3)c(O)c12.O=S(=O)=O.O=S(=O)=O.O=S(=O)=O.[Na+].[Na+].[Na+].[Na+].[Na+].[Na+].[Na+]. The molecule has 0 bridgehead atoms. The minimum atomic E-state index is -5.68. The van der Waals surface area contributed by atoms with Gasteiger partial charge in [0, 0.05) is 27.4 Å². The third-order valence-electron chi connectivity index (χ3n) is 9.12. The van der Waals surface area contributed by atoms with Gasteiger partial charge in [-0.3, -0.25) is 10.1 Å². The summed E-state index contributed by atoms with van der Waals surface area (Å²) in [6.45, 7) is 0. The Balaban J connectivity index is -0.00000166. The van der Waals surface area contributed by atoms with Crippen LogP contribution >= 0.6 is 0 Å². The number of nitro benzene ring substituents is 1. The Bertz CT molecular complexity index is 4580. The Kier molecular flexibility index (Phi) is 41.9. The van der Waals surface area contributed by atoms with Gasteiger partial charge in [0.25, 0.3) is 0 Å². The van der Waals surface area contributed by atoms with Crippen molar-refractivity contribution >= 4 is 151 Å². The maximum absolute atomic E-state index is 12.7. The van der Waals surface area contributed by atoms with Crippen LogP contribution in [0.15, 0.2) is 151 Å². The van der Waals surface area contributed by atoms with E-state index in [9.17, 15) is 72.2 Å². The summed E-state index contributed by atoms with van der Waals surface area (Å²) in [7, 11) is -30.8. The summed E-state index contributed by atoms with van der Waals surface area (Å²) in [5, 5.41) is 62.5. The summed E-state index contributed by atoms with van der Waals surface area (Å²) >= 11 is 0. The molecule has 7 aromatic carbocycles. The molecule has 0 saturated carbocycles. The number of phenols is 2. The van der Waals surface area contributed by atoms with Crippen molar-refractivity contribution in [3.8, 4) is 11.5 Å². The zero-order chi connectivity index (χ0) is 60.2. The van der Waals surface area contributed by atoms with Crippen LogP contribution in [0.2, 0.25) is 0 Å². The first-order valence-electron chi connectivity index (χ1n) is 19.4. The largest absolute Gasteiger partial charge is 1.00 e. The summed E-state index contributed by atoms with van der Waals surface area (Å²) in [4.78, 5) is 6.05. The molecule has 0 aromatic heterocycles. The van der Waals surface area contributed by atoms with Crippen LogP contribution in [0, 0.1) is 28.3 Å². The molecule has 0 aliphatic carbocycles. The Morgan fingerprint density at radius 1 is 0.460 bits per heavy atom. The predicted octanol–water partition coefficient (Wildman–Crippen LogP) is -16.4. The minimum Gasteiger partial charge on any atom is -0.746 e. The molecule has 0 fully saturated rings. The van der Waals surface area contributed by atoms with Gasteiger partial charge in [-0.2, -0.15) is 55.9 Å². The number of anilines is 1. The van der Waals surface area contributed by atoms with Crippen molar-refractivity contribution in [2.45, 2.75) is 19.6 Å². The van der Waals surface area contributed by atoms with E-state index in [2.05, 4.69) is 59.1 Å². The number of aromatic hydroxyl groups is 2. The smallest absolute Gasteiger partial charge is 0.746 e. The summed E-state index contributed by atoms with van der Waals surface area (Å²) < 4.78 is 222. The van der Waals surface area contributed by atoms with E-state index in [0.717, 1.165) is 60.7 Å². The molecule has 87 heavy (non-hydrogen) atoms. The Labute approximate surface area is 649 Å². The van der Waals surface area contributed by atoms with Crippen LogP contribution in [0.4, 0.5) is 56.9 Å². The molecule has 0 atom stereocenters. The molecule has 4 N–H and O–H groups in total. The molecule has 0 unspecified atom stereocenters. The maximum Gasteiger partial charge on any atom is 1.00 e. The molecule has 0 radical (unpaired) electrons. The first kappa shape index (κ1) is 91.2. The van der Waals surface area contributed by atoms with Gasteiger partial charge < -0.3 is 34.2 Å². The topological polar surface area (TPSA) is 591 Å². The zero-order valence-electron chi connectivity index (χ0n) is 44.9. The second-order valence-electron chi connectivity index (χ2n) is 14.0. The number of fused-ring (bicyclic) bond motifs is 2. The fraction of sp³-hybridized carbons (Fsp3) is 0. The number of nitrogens with zero attached hydrogens (tertiary/aromatic N) is 9. The monoisotopic (exact) mass is 1400 g/mol. The minimum absolute atomic E-state index is 0. The third kappa shape index (κ3) is 27.1. The van der Waals surface area contributed by atoms with Crippen molar-refractivity contribution < 1.29 is 312 Å². The number of hydrogen-bond acceptors (Lipinski definition) is 34. The number of nitrogen functional groups attached to an aromatic ring is 1. The molecule has 0 saturated heterocycles. The fourth-order valence-corrected chi connectivity index (χ4v) is 8.63. The summed E-state index contributed by atoms with van der Waals surface area (Å²) in [6.07, 6.45) is 0. The summed E-state index contributed by atoms with van der Waals surface area (Å²) in [6, 6.07) is 22.3.